The molecule has 2 N–H and O–H groups in total. The number of hydrogen-bond donors (Lipinski definition) is 1. The molecule has 0 amide bonds. The third-order valence-electron chi connectivity index (χ3n) is 3.19. The monoisotopic (exact) mass is 305 g/mol. The molecule has 5 heteroatoms. The van der Waals surface area contributed by atoms with E-state index in [1.54, 1.807) is 17.8 Å². The van der Waals surface area contributed by atoms with Gasteiger partial charge < -0.3 is 10.3 Å². The topological polar surface area (TPSA) is 54.7 Å². The van der Waals surface area contributed by atoms with Crippen molar-refractivity contribution in [3.63, 3.8) is 0 Å². The van der Waals surface area contributed by atoms with Crippen molar-refractivity contribution in [2.75, 3.05) is 5.73 Å². The molecule has 0 aliphatic rings. The number of anilines is 1. The summed E-state index contributed by atoms with van der Waals surface area (Å²) in [6.07, 6.45) is 0.941. The first kappa shape index (κ1) is 14.8. The van der Waals surface area contributed by atoms with E-state index < -0.39 is 0 Å². The average molecular weight is 306 g/mol. The van der Waals surface area contributed by atoms with Gasteiger partial charge in [-0.3, -0.25) is 0 Å². The van der Waals surface area contributed by atoms with Gasteiger partial charge in [0.15, 0.2) is 0 Å². The Morgan fingerprint density at radius 1 is 1.40 bits per heavy atom. The van der Waals surface area contributed by atoms with Crippen LogP contribution in [0.3, 0.4) is 0 Å². The Kier molecular flexibility index (Phi) is 4.64. The highest BCUT2D eigenvalue weighted by Crippen LogP contribution is 2.37. The van der Waals surface area contributed by atoms with Crippen LogP contribution in [0, 0.1) is 11.3 Å². The second kappa shape index (κ2) is 6.25. The molecule has 1 unspecified atom stereocenters. The molecular formula is C15H16ClN3S. The van der Waals surface area contributed by atoms with Gasteiger partial charge in [0.2, 0.25) is 0 Å². The Balaban J connectivity index is 2.43. The first-order chi connectivity index (χ1) is 9.56. The number of hydrogen-bond acceptors (Lipinski definition) is 3. The van der Waals surface area contributed by atoms with Crippen LogP contribution in [0.15, 0.2) is 40.3 Å². The van der Waals surface area contributed by atoms with Crippen molar-refractivity contribution in [2.45, 2.75) is 36.2 Å². The molecule has 0 aliphatic heterocycles. The number of nitrogens with zero attached hydrogens (tertiary/aromatic N) is 2. The van der Waals surface area contributed by atoms with E-state index in [4.69, 9.17) is 17.3 Å². The lowest BCUT2D eigenvalue weighted by Gasteiger charge is -2.17. The molecule has 2 rings (SSSR count). The van der Waals surface area contributed by atoms with E-state index in [-0.39, 0.29) is 6.04 Å². The van der Waals surface area contributed by atoms with E-state index >= 15 is 0 Å². The van der Waals surface area contributed by atoms with Crippen LogP contribution in [-0.4, -0.2) is 4.57 Å². The fourth-order valence-corrected chi connectivity index (χ4v) is 3.13. The number of halogens is 1. The summed E-state index contributed by atoms with van der Waals surface area (Å²) in [6.45, 7) is 4.19. The number of benzene rings is 1. The van der Waals surface area contributed by atoms with Crippen LogP contribution in [-0.2, 0) is 0 Å². The molecule has 1 atom stereocenters. The highest BCUT2D eigenvalue weighted by atomic mass is 35.5. The number of aromatic nitrogens is 1. The smallest absolute Gasteiger partial charge is 0.123 e. The minimum absolute atomic E-state index is 0.233. The molecule has 0 saturated heterocycles. The zero-order chi connectivity index (χ0) is 14.7. The predicted molar refractivity (Wildman–Crippen MR) is 84.1 cm³/mol. The maximum absolute atomic E-state index is 9.25. The minimum atomic E-state index is 0.233. The van der Waals surface area contributed by atoms with Crippen molar-refractivity contribution in [3.8, 4) is 6.07 Å². The van der Waals surface area contributed by atoms with Gasteiger partial charge in [-0.05, 0) is 43.7 Å². The Morgan fingerprint density at radius 3 is 2.60 bits per heavy atom. The first-order valence-electron chi connectivity index (χ1n) is 6.41. The van der Waals surface area contributed by atoms with Gasteiger partial charge in [-0.25, -0.2) is 0 Å². The lowest BCUT2D eigenvalue weighted by atomic mass is 10.2. The molecule has 0 radical (unpaired) electrons. The molecule has 0 bridgehead atoms. The van der Waals surface area contributed by atoms with Gasteiger partial charge in [-0.2, -0.15) is 5.26 Å². The van der Waals surface area contributed by atoms with Crippen molar-refractivity contribution < 1.29 is 0 Å². The highest BCUT2D eigenvalue weighted by molar-refractivity contribution is 7.99. The van der Waals surface area contributed by atoms with E-state index in [0.717, 1.165) is 16.3 Å². The van der Waals surface area contributed by atoms with Crippen molar-refractivity contribution in [1.82, 2.24) is 4.57 Å². The lowest BCUT2D eigenvalue weighted by Crippen LogP contribution is -2.07. The van der Waals surface area contributed by atoms with Crippen molar-refractivity contribution in [3.05, 3.63) is 41.0 Å². The summed E-state index contributed by atoms with van der Waals surface area (Å²) >= 11 is 7.45. The predicted octanol–water partition coefficient (Wildman–Crippen LogP) is 4.72. The van der Waals surface area contributed by atoms with Crippen LogP contribution in [0.2, 0.25) is 5.02 Å². The highest BCUT2D eigenvalue weighted by Gasteiger charge is 2.17. The normalized spacial score (nSPS) is 12.1. The molecule has 0 spiro atoms. The largest absolute Gasteiger partial charge is 0.397 e. The molecule has 1 aromatic carbocycles. The number of nitriles is 1. The van der Waals surface area contributed by atoms with Crippen molar-refractivity contribution in [2.24, 2.45) is 0 Å². The van der Waals surface area contributed by atoms with E-state index in [0.29, 0.717) is 16.4 Å². The Labute approximate surface area is 128 Å². The third kappa shape index (κ3) is 2.95. The summed E-state index contributed by atoms with van der Waals surface area (Å²) < 4.78 is 2.01. The Morgan fingerprint density at radius 2 is 2.05 bits per heavy atom. The number of nitrogens with two attached hydrogens (primary N) is 1. The summed E-state index contributed by atoms with van der Waals surface area (Å²) in [5.41, 5.74) is 7.31. The van der Waals surface area contributed by atoms with Gasteiger partial charge in [0.25, 0.3) is 0 Å². The summed E-state index contributed by atoms with van der Waals surface area (Å²) in [5, 5.41) is 10.9. The van der Waals surface area contributed by atoms with Crippen LogP contribution < -0.4 is 5.73 Å². The first-order valence-corrected chi connectivity index (χ1v) is 7.60. The van der Waals surface area contributed by atoms with Gasteiger partial charge in [-0.15, -0.1) is 0 Å². The van der Waals surface area contributed by atoms with E-state index in [2.05, 4.69) is 19.9 Å². The third-order valence-corrected chi connectivity index (χ3v) is 4.58. The quantitative estimate of drug-likeness (QED) is 0.889. The second-order valence-electron chi connectivity index (χ2n) is 4.59. The summed E-state index contributed by atoms with van der Waals surface area (Å²) in [5.74, 6) is 0. The van der Waals surface area contributed by atoms with Crippen LogP contribution >= 0.6 is 23.4 Å². The summed E-state index contributed by atoms with van der Waals surface area (Å²) in [7, 11) is 0. The maximum Gasteiger partial charge on any atom is 0.123 e. The van der Waals surface area contributed by atoms with Gasteiger partial charge >= 0.3 is 0 Å². The van der Waals surface area contributed by atoms with Crippen LogP contribution in [0.25, 0.3) is 0 Å². The van der Waals surface area contributed by atoms with Crippen LogP contribution in [0.5, 0.6) is 0 Å². The lowest BCUT2D eigenvalue weighted by molar-refractivity contribution is 0.497. The van der Waals surface area contributed by atoms with E-state index in [9.17, 15) is 5.26 Å². The molecule has 0 saturated carbocycles. The zero-order valence-electron chi connectivity index (χ0n) is 11.4. The molecule has 1 aromatic heterocycles. The SMILES string of the molecule is CCC(C)n1c(C#N)cc(N)c1Sc1ccc(Cl)cc1. The van der Waals surface area contributed by atoms with E-state index in [1.165, 1.54) is 0 Å². The molecule has 20 heavy (non-hydrogen) atoms. The molecule has 3 nitrogen and oxygen atoms in total. The molecule has 0 aliphatic carbocycles. The van der Waals surface area contributed by atoms with Gasteiger partial charge in [0.05, 0.1) is 5.69 Å². The number of rotatable bonds is 4. The van der Waals surface area contributed by atoms with Crippen LogP contribution in [0.1, 0.15) is 32.0 Å². The fourth-order valence-electron chi connectivity index (χ4n) is 1.96. The van der Waals surface area contributed by atoms with Gasteiger partial charge in [0.1, 0.15) is 16.8 Å². The fraction of sp³-hybridized carbons (Fsp3) is 0.267. The molecule has 0 fully saturated rings. The summed E-state index contributed by atoms with van der Waals surface area (Å²) in [6, 6.07) is 11.8. The molecule has 104 valence electrons. The Hall–Kier alpha value is -1.57. The van der Waals surface area contributed by atoms with Crippen molar-refractivity contribution in [1.29, 1.82) is 5.26 Å². The maximum atomic E-state index is 9.25. The molecular weight excluding hydrogens is 290 g/mol. The van der Waals surface area contributed by atoms with Gasteiger partial charge in [0, 0.05) is 16.0 Å². The Bertz CT molecular complexity index is 640. The number of nitrogen functional groups attached to an aromatic ring is 1. The minimum Gasteiger partial charge on any atom is -0.397 e. The van der Waals surface area contributed by atoms with E-state index in [1.807, 2.05) is 28.8 Å². The standard InChI is InChI=1S/C15H16ClN3S/c1-3-10(2)19-12(9-17)8-14(18)15(19)20-13-6-4-11(16)5-7-13/h4-8,10H,3,18H2,1-2H3. The second-order valence-corrected chi connectivity index (χ2v) is 6.08. The van der Waals surface area contributed by atoms with Gasteiger partial charge in [-0.1, -0.05) is 30.3 Å². The molecule has 2 aromatic rings. The van der Waals surface area contributed by atoms with Crippen molar-refractivity contribution >= 4 is 29.1 Å². The average Bonchev–Trinajstić information content (AvgIpc) is 2.77. The summed E-state index contributed by atoms with van der Waals surface area (Å²) in [4.78, 5) is 1.05. The molecule has 1 heterocycles. The zero-order valence-corrected chi connectivity index (χ0v) is 13.0. The van der Waals surface area contributed by atoms with Crippen LogP contribution in [0.4, 0.5) is 5.69 Å².